The van der Waals surface area contributed by atoms with Crippen molar-refractivity contribution in [3.63, 3.8) is 0 Å². The van der Waals surface area contributed by atoms with Gasteiger partial charge in [0.15, 0.2) is 5.69 Å². The van der Waals surface area contributed by atoms with E-state index in [0.717, 1.165) is 4.68 Å². The summed E-state index contributed by atoms with van der Waals surface area (Å²) in [5, 5.41) is 8.14. The van der Waals surface area contributed by atoms with Crippen molar-refractivity contribution in [1.82, 2.24) is 9.78 Å². The molecule has 7 heteroatoms. The lowest BCUT2D eigenvalue weighted by Gasteiger charge is -2.10. The Hall–Kier alpha value is -2.86. The molecule has 24 heavy (non-hydrogen) atoms. The highest BCUT2D eigenvalue weighted by Crippen LogP contribution is 2.27. The minimum atomic E-state index is -0.428. The first-order valence-electron chi connectivity index (χ1n) is 7.12. The normalized spacial score (nSPS) is 10.6. The molecule has 1 amide bonds. The molecule has 122 valence electrons. The van der Waals surface area contributed by atoms with Crippen LogP contribution in [0.2, 0.25) is 5.02 Å². The number of ether oxygens (including phenoxy) is 1. The minimum absolute atomic E-state index is 0.166. The van der Waals surface area contributed by atoms with Crippen LogP contribution in [0, 0.1) is 0 Å². The number of aromatic nitrogens is 2. The minimum Gasteiger partial charge on any atom is -0.495 e. The predicted octanol–water partition coefficient (Wildman–Crippen LogP) is 2.85. The van der Waals surface area contributed by atoms with Crippen LogP contribution in [0.4, 0.5) is 5.69 Å². The van der Waals surface area contributed by atoms with Gasteiger partial charge in [-0.3, -0.25) is 9.59 Å². The summed E-state index contributed by atoms with van der Waals surface area (Å²) in [4.78, 5) is 24.7. The SMILES string of the molecule is COc1ccc(NC(=O)c2nn(C)c(=O)c3ccccc23)cc1Cl. The van der Waals surface area contributed by atoms with Gasteiger partial charge in [0, 0.05) is 18.1 Å². The van der Waals surface area contributed by atoms with Gasteiger partial charge in [-0.2, -0.15) is 5.10 Å². The number of nitrogens with zero attached hydrogens (tertiary/aromatic N) is 2. The Balaban J connectivity index is 2.02. The first-order chi connectivity index (χ1) is 11.5. The molecule has 0 aliphatic heterocycles. The average molecular weight is 344 g/mol. The van der Waals surface area contributed by atoms with Crippen molar-refractivity contribution >= 4 is 34.0 Å². The summed E-state index contributed by atoms with van der Waals surface area (Å²) in [5.74, 6) is 0.0865. The lowest BCUT2D eigenvalue weighted by molar-refractivity contribution is 0.102. The summed E-state index contributed by atoms with van der Waals surface area (Å²) in [5.41, 5.74) is 0.416. The molecule has 0 bridgehead atoms. The van der Waals surface area contributed by atoms with Crippen molar-refractivity contribution in [2.24, 2.45) is 7.05 Å². The maximum absolute atomic E-state index is 12.6. The fourth-order valence-electron chi connectivity index (χ4n) is 2.40. The van der Waals surface area contributed by atoms with Crippen LogP contribution >= 0.6 is 11.6 Å². The van der Waals surface area contributed by atoms with Crippen molar-refractivity contribution in [3.05, 3.63) is 63.5 Å². The van der Waals surface area contributed by atoms with E-state index in [1.54, 1.807) is 42.5 Å². The van der Waals surface area contributed by atoms with Gasteiger partial charge < -0.3 is 10.1 Å². The zero-order valence-electron chi connectivity index (χ0n) is 13.0. The summed E-state index contributed by atoms with van der Waals surface area (Å²) >= 11 is 6.06. The Morgan fingerprint density at radius 2 is 1.92 bits per heavy atom. The molecule has 0 saturated carbocycles. The first kappa shape index (κ1) is 16.0. The second kappa shape index (κ2) is 6.33. The van der Waals surface area contributed by atoms with Crippen molar-refractivity contribution < 1.29 is 9.53 Å². The van der Waals surface area contributed by atoms with Crippen LogP contribution < -0.4 is 15.6 Å². The molecule has 3 rings (SSSR count). The molecule has 1 heterocycles. The standard InChI is InChI=1S/C17H14ClN3O3/c1-21-17(23)12-6-4-3-5-11(12)15(20-21)16(22)19-10-7-8-14(24-2)13(18)9-10/h3-9H,1-2H3,(H,19,22). The summed E-state index contributed by atoms with van der Waals surface area (Å²) in [7, 11) is 3.02. The molecule has 1 N–H and O–H groups in total. The second-order valence-corrected chi connectivity index (χ2v) is 5.53. The molecule has 0 unspecified atom stereocenters. The van der Waals surface area contributed by atoms with Crippen LogP contribution in [0.5, 0.6) is 5.75 Å². The lowest BCUT2D eigenvalue weighted by Crippen LogP contribution is -2.25. The largest absolute Gasteiger partial charge is 0.495 e. The lowest BCUT2D eigenvalue weighted by atomic mass is 10.1. The summed E-state index contributed by atoms with van der Waals surface area (Å²) in [6.45, 7) is 0. The average Bonchev–Trinajstić information content (AvgIpc) is 2.58. The number of amides is 1. The Morgan fingerprint density at radius 1 is 1.21 bits per heavy atom. The molecule has 0 radical (unpaired) electrons. The van der Waals surface area contributed by atoms with Crippen molar-refractivity contribution in [2.75, 3.05) is 12.4 Å². The van der Waals surface area contributed by atoms with Crippen molar-refractivity contribution in [2.45, 2.75) is 0 Å². The Morgan fingerprint density at radius 3 is 2.58 bits per heavy atom. The number of rotatable bonds is 3. The molecule has 6 nitrogen and oxygen atoms in total. The van der Waals surface area contributed by atoms with E-state index >= 15 is 0 Å². The van der Waals surface area contributed by atoms with Crippen LogP contribution in [-0.4, -0.2) is 22.8 Å². The van der Waals surface area contributed by atoms with Gasteiger partial charge in [0.2, 0.25) is 0 Å². The van der Waals surface area contributed by atoms with E-state index in [2.05, 4.69) is 10.4 Å². The third-order valence-corrected chi connectivity index (χ3v) is 3.88. The number of methoxy groups -OCH3 is 1. The summed E-state index contributed by atoms with van der Waals surface area (Å²) in [6.07, 6.45) is 0. The molecule has 1 aromatic heterocycles. The first-order valence-corrected chi connectivity index (χ1v) is 7.50. The number of carbonyl (C=O) groups is 1. The Labute approximate surface area is 142 Å². The van der Waals surface area contributed by atoms with Crippen molar-refractivity contribution in [3.8, 4) is 5.75 Å². The van der Waals surface area contributed by atoms with Crippen molar-refractivity contribution in [1.29, 1.82) is 0 Å². The van der Waals surface area contributed by atoms with Gasteiger partial charge in [-0.25, -0.2) is 4.68 Å². The maximum atomic E-state index is 12.6. The number of nitrogens with one attached hydrogen (secondary N) is 1. The number of benzene rings is 2. The van der Waals surface area contributed by atoms with Gasteiger partial charge in [-0.15, -0.1) is 0 Å². The molecule has 0 spiro atoms. The molecular formula is C17H14ClN3O3. The zero-order valence-corrected chi connectivity index (χ0v) is 13.8. The molecule has 3 aromatic rings. The van der Waals surface area contributed by atoms with Gasteiger partial charge in [0.1, 0.15) is 5.75 Å². The van der Waals surface area contributed by atoms with Crippen LogP contribution in [0.1, 0.15) is 10.5 Å². The zero-order chi connectivity index (χ0) is 17.3. The molecule has 0 aliphatic rings. The predicted molar refractivity (Wildman–Crippen MR) is 92.9 cm³/mol. The number of anilines is 1. The van der Waals surface area contributed by atoms with E-state index in [1.165, 1.54) is 14.2 Å². The highest BCUT2D eigenvalue weighted by atomic mass is 35.5. The molecule has 0 saturated heterocycles. The quantitative estimate of drug-likeness (QED) is 0.793. The van der Waals surface area contributed by atoms with E-state index in [9.17, 15) is 9.59 Å². The van der Waals surface area contributed by atoms with Crippen LogP contribution in [-0.2, 0) is 7.05 Å². The summed E-state index contributed by atoms with van der Waals surface area (Å²) < 4.78 is 6.23. The monoisotopic (exact) mass is 343 g/mol. The van der Waals surface area contributed by atoms with Crippen LogP contribution in [0.15, 0.2) is 47.3 Å². The molecule has 2 aromatic carbocycles. The Kier molecular flexibility index (Phi) is 4.22. The van der Waals surface area contributed by atoms with Gasteiger partial charge in [0.25, 0.3) is 11.5 Å². The molecule has 0 atom stereocenters. The smallest absolute Gasteiger partial charge is 0.276 e. The number of carbonyl (C=O) groups excluding carboxylic acids is 1. The van der Waals surface area contributed by atoms with Gasteiger partial charge in [-0.05, 0) is 24.3 Å². The highest BCUT2D eigenvalue weighted by molar-refractivity contribution is 6.32. The van der Waals surface area contributed by atoms with Gasteiger partial charge in [0.05, 0.1) is 17.5 Å². The molecule has 0 fully saturated rings. The Bertz CT molecular complexity index is 998. The number of halogens is 1. The number of fused-ring (bicyclic) bond motifs is 1. The fraction of sp³-hybridized carbons (Fsp3) is 0.118. The van der Waals surface area contributed by atoms with E-state index in [0.29, 0.717) is 27.2 Å². The van der Waals surface area contributed by atoms with E-state index in [4.69, 9.17) is 16.3 Å². The molecular weight excluding hydrogens is 330 g/mol. The fourth-order valence-corrected chi connectivity index (χ4v) is 2.66. The third kappa shape index (κ3) is 2.83. The number of aryl methyl sites for hydroxylation is 1. The number of hydrogen-bond acceptors (Lipinski definition) is 4. The van der Waals surface area contributed by atoms with E-state index in [-0.39, 0.29) is 11.3 Å². The van der Waals surface area contributed by atoms with Crippen LogP contribution in [0.25, 0.3) is 10.8 Å². The van der Waals surface area contributed by atoms with E-state index < -0.39 is 5.91 Å². The van der Waals surface area contributed by atoms with E-state index in [1.807, 2.05) is 0 Å². The third-order valence-electron chi connectivity index (χ3n) is 3.58. The molecule has 0 aliphatic carbocycles. The number of hydrogen-bond donors (Lipinski definition) is 1. The van der Waals surface area contributed by atoms with Crippen LogP contribution in [0.3, 0.4) is 0 Å². The van der Waals surface area contributed by atoms with Gasteiger partial charge >= 0.3 is 0 Å². The second-order valence-electron chi connectivity index (χ2n) is 5.13. The van der Waals surface area contributed by atoms with Gasteiger partial charge in [-0.1, -0.05) is 29.8 Å². The highest BCUT2D eigenvalue weighted by Gasteiger charge is 2.16. The topological polar surface area (TPSA) is 73.2 Å². The summed E-state index contributed by atoms with van der Waals surface area (Å²) in [6, 6.07) is 11.8. The maximum Gasteiger partial charge on any atom is 0.276 e.